The fraction of sp³-hybridized carbons (Fsp3) is 0.250. The Hall–Kier alpha value is -2.17. The zero-order chi connectivity index (χ0) is 12.4. The molecule has 1 fully saturated rings. The molecule has 17 heavy (non-hydrogen) atoms. The smallest absolute Gasteiger partial charge is 0.234 e. The molecule has 1 aliphatic rings. The maximum Gasteiger partial charge on any atom is 0.234 e. The molecule has 5 heteroatoms. The van der Waals surface area contributed by atoms with Crippen LogP contribution < -0.4 is 10.2 Å². The van der Waals surface area contributed by atoms with Crippen LogP contribution in [0.5, 0.6) is 0 Å². The topological polar surface area (TPSA) is 66.5 Å². The number of benzene rings is 1. The summed E-state index contributed by atoms with van der Waals surface area (Å²) >= 11 is 0. The molecule has 1 aliphatic heterocycles. The first kappa shape index (κ1) is 11.3. The first-order chi connectivity index (χ1) is 8.08. The van der Waals surface area contributed by atoms with Crippen molar-refractivity contribution >= 4 is 29.0 Å². The summed E-state index contributed by atoms with van der Waals surface area (Å²) < 4.78 is 0. The van der Waals surface area contributed by atoms with Crippen LogP contribution in [0.2, 0.25) is 0 Å². The van der Waals surface area contributed by atoms with E-state index in [1.807, 2.05) is 0 Å². The first-order valence-electron chi connectivity index (χ1n) is 5.26. The van der Waals surface area contributed by atoms with Crippen molar-refractivity contribution in [2.75, 3.05) is 16.8 Å². The first-order valence-corrected chi connectivity index (χ1v) is 5.26. The van der Waals surface area contributed by atoms with Gasteiger partial charge in [-0.2, -0.15) is 0 Å². The molecule has 1 saturated heterocycles. The fourth-order valence-electron chi connectivity index (χ4n) is 1.81. The summed E-state index contributed by atoms with van der Waals surface area (Å²) in [6, 6.07) is 6.93. The zero-order valence-corrected chi connectivity index (χ0v) is 9.40. The lowest BCUT2D eigenvalue weighted by Gasteiger charge is -2.18. The van der Waals surface area contributed by atoms with Crippen LogP contribution in [0.3, 0.4) is 0 Å². The SMILES string of the molecule is CC(=O)Nc1ccccc1N1CC(=O)CC1=O. The molecule has 0 aliphatic carbocycles. The summed E-state index contributed by atoms with van der Waals surface area (Å²) in [5.41, 5.74) is 1.11. The lowest BCUT2D eigenvalue weighted by molar-refractivity contribution is -0.121. The fourth-order valence-corrected chi connectivity index (χ4v) is 1.81. The number of Topliss-reactive ketones (excluding diaryl/α,β-unsaturated/α-hetero) is 1. The molecular weight excluding hydrogens is 220 g/mol. The average Bonchev–Trinajstić information content (AvgIpc) is 2.58. The van der Waals surface area contributed by atoms with Gasteiger partial charge in [-0.3, -0.25) is 14.4 Å². The second-order valence-corrected chi connectivity index (χ2v) is 3.89. The van der Waals surface area contributed by atoms with E-state index in [9.17, 15) is 14.4 Å². The standard InChI is InChI=1S/C12H12N2O3/c1-8(15)13-10-4-2-3-5-11(10)14-7-9(16)6-12(14)17/h2-5H,6-7H2,1H3,(H,13,15). The maximum atomic E-state index is 11.6. The molecule has 0 atom stereocenters. The van der Waals surface area contributed by atoms with Gasteiger partial charge in [0.15, 0.2) is 5.78 Å². The van der Waals surface area contributed by atoms with Gasteiger partial charge in [-0.25, -0.2) is 0 Å². The Labute approximate surface area is 98.4 Å². The Morgan fingerprint density at radius 3 is 2.59 bits per heavy atom. The predicted molar refractivity (Wildman–Crippen MR) is 62.7 cm³/mol. The number of ketones is 1. The summed E-state index contributed by atoms with van der Waals surface area (Å²) in [5, 5.41) is 2.64. The van der Waals surface area contributed by atoms with E-state index in [4.69, 9.17) is 0 Å². The molecule has 0 saturated carbocycles. The quantitative estimate of drug-likeness (QED) is 0.772. The third kappa shape index (κ3) is 2.33. The van der Waals surface area contributed by atoms with E-state index in [2.05, 4.69) is 5.32 Å². The van der Waals surface area contributed by atoms with Gasteiger partial charge in [0.25, 0.3) is 0 Å². The van der Waals surface area contributed by atoms with Crippen molar-refractivity contribution in [3.8, 4) is 0 Å². The number of para-hydroxylation sites is 2. The summed E-state index contributed by atoms with van der Waals surface area (Å²) in [6.07, 6.45) is -0.0611. The number of amides is 2. The molecule has 0 radical (unpaired) electrons. The minimum atomic E-state index is -0.229. The highest BCUT2D eigenvalue weighted by atomic mass is 16.2. The third-order valence-corrected chi connectivity index (χ3v) is 2.49. The molecule has 0 spiro atoms. The van der Waals surface area contributed by atoms with Gasteiger partial charge in [-0.1, -0.05) is 12.1 Å². The van der Waals surface area contributed by atoms with Gasteiger partial charge >= 0.3 is 0 Å². The average molecular weight is 232 g/mol. The normalized spacial score (nSPS) is 15.2. The molecular formula is C12H12N2O3. The number of nitrogens with one attached hydrogen (secondary N) is 1. The predicted octanol–water partition coefficient (Wildman–Crippen LogP) is 0.951. The molecule has 2 rings (SSSR count). The number of rotatable bonds is 2. The Bertz CT molecular complexity index is 496. The van der Waals surface area contributed by atoms with E-state index in [0.29, 0.717) is 11.4 Å². The molecule has 1 N–H and O–H groups in total. The van der Waals surface area contributed by atoms with Crippen molar-refractivity contribution in [3.63, 3.8) is 0 Å². The number of hydrogen-bond donors (Lipinski definition) is 1. The van der Waals surface area contributed by atoms with Crippen LogP contribution >= 0.6 is 0 Å². The van der Waals surface area contributed by atoms with Crippen molar-refractivity contribution < 1.29 is 14.4 Å². The van der Waals surface area contributed by atoms with Crippen LogP contribution in [0.4, 0.5) is 11.4 Å². The van der Waals surface area contributed by atoms with Gasteiger partial charge in [0, 0.05) is 6.92 Å². The van der Waals surface area contributed by atoms with E-state index in [1.54, 1.807) is 24.3 Å². The Balaban J connectivity index is 2.34. The van der Waals surface area contributed by atoms with E-state index >= 15 is 0 Å². The van der Waals surface area contributed by atoms with Gasteiger partial charge in [0.05, 0.1) is 24.3 Å². The number of anilines is 2. The third-order valence-electron chi connectivity index (χ3n) is 2.49. The Morgan fingerprint density at radius 2 is 2.00 bits per heavy atom. The van der Waals surface area contributed by atoms with Gasteiger partial charge in [-0.15, -0.1) is 0 Å². The van der Waals surface area contributed by atoms with Gasteiger partial charge in [0.2, 0.25) is 11.8 Å². The second-order valence-electron chi connectivity index (χ2n) is 3.89. The molecule has 1 heterocycles. The number of carbonyl (C=O) groups excluding carboxylic acids is 3. The van der Waals surface area contributed by atoms with Gasteiger partial charge < -0.3 is 10.2 Å². The summed E-state index contributed by atoms with van der Waals surface area (Å²) in [5.74, 6) is -0.546. The minimum Gasteiger partial charge on any atom is -0.325 e. The van der Waals surface area contributed by atoms with Crippen molar-refractivity contribution in [1.82, 2.24) is 0 Å². The van der Waals surface area contributed by atoms with Crippen molar-refractivity contribution in [2.24, 2.45) is 0 Å². The van der Waals surface area contributed by atoms with E-state index in [-0.39, 0.29) is 30.6 Å². The zero-order valence-electron chi connectivity index (χ0n) is 9.40. The monoisotopic (exact) mass is 232 g/mol. The van der Waals surface area contributed by atoms with Crippen LogP contribution in [0, 0.1) is 0 Å². The second kappa shape index (κ2) is 4.37. The van der Waals surface area contributed by atoms with E-state index in [1.165, 1.54) is 11.8 Å². The van der Waals surface area contributed by atoms with Crippen LogP contribution in [0.1, 0.15) is 13.3 Å². The molecule has 1 aromatic carbocycles. The molecule has 5 nitrogen and oxygen atoms in total. The number of carbonyl (C=O) groups is 3. The largest absolute Gasteiger partial charge is 0.325 e. The highest BCUT2D eigenvalue weighted by Crippen LogP contribution is 2.28. The van der Waals surface area contributed by atoms with Gasteiger partial charge in [-0.05, 0) is 12.1 Å². The van der Waals surface area contributed by atoms with Crippen LogP contribution in [0.15, 0.2) is 24.3 Å². The lowest BCUT2D eigenvalue weighted by Crippen LogP contribution is -2.26. The summed E-state index contributed by atoms with van der Waals surface area (Å²) in [4.78, 5) is 35.3. The van der Waals surface area contributed by atoms with Crippen molar-refractivity contribution in [3.05, 3.63) is 24.3 Å². The Morgan fingerprint density at radius 1 is 1.29 bits per heavy atom. The number of nitrogens with zero attached hydrogens (tertiary/aromatic N) is 1. The molecule has 1 aromatic rings. The maximum absolute atomic E-state index is 11.6. The molecule has 0 unspecified atom stereocenters. The molecule has 88 valence electrons. The summed E-state index contributed by atoms with van der Waals surface area (Å²) in [6.45, 7) is 1.48. The lowest BCUT2D eigenvalue weighted by atomic mass is 10.2. The highest BCUT2D eigenvalue weighted by molar-refractivity contribution is 6.16. The summed E-state index contributed by atoms with van der Waals surface area (Å²) in [7, 11) is 0. The van der Waals surface area contributed by atoms with E-state index < -0.39 is 0 Å². The molecule has 2 amide bonds. The van der Waals surface area contributed by atoms with Crippen LogP contribution in [-0.2, 0) is 14.4 Å². The molecule has 0 bridgehead atoms. The molecule has 0 aromatic heterocycles. The number of hydrogen-bond acceptors (Lipinski definition) is 3. The van der Waals surface area contributed by atoms with Crippen molar-refractivity contribution in [1.29, 1.82) is 0 Å². The van der Waals surface area contributed by atoms with E-state index in [0.717, 1.165) is 0 Å². The van der Waals surface area contributed by atoms with Crippen LogP contribution in [-0.4, -0.2) is 24.1 Å². The Kier molecular flexibility index (Phi) is 2.91. The van der Waals surface area contributed by atoms with Crippen molar-refractivity contribution in [2.45, 2.75) is 13.3 Å². The van der Waals surface area contributed by atoms with Gasteiger partial charge in [0.1, 0.15) is 0 Å². The highest BCUT2D eigenvalue weighted by Gasteiger charge is 2.29. The van der Waals surface area contributed by atoms with Crippen LogP contribution in [0.25, 0.3) is 0 Å². The minimum absolute atomic E-state index is 0.0611.